The lowest BCUT2D eigenvalue weighted by molar-refractivity contribution is 0.620. The second-order valence-corrected chi connectivity index (χ2v) is 2.76. The van der Waals surface area contributed by atoms with E-state index in [1.54, 1.807) is 0 Å². The molecule has 62 valence electrons. The van der Waals surface area contributed by atoms with Crippen molar-refractivity contribution in [2.75, 3.05) is 0 Å². The number of nitrogens with zero attached hydrogens (tertiary/aromatic N) is 2. The molecule has 0 radical (unpaired) electrons. The maximum Gasteiger partial charge on any atom is 0.166 e. The highest BCUT2D eigenvalue weighted by Crippen LogP contribution is 2.20. The number of hydrogen-bond donors (Lipinski definition) is 0. The van der Waals surface area contributed by atoms with E-state index in [0.29, 0.717) is 5.56 Å². The molecule has 0 aliphatic rings. The molecule has 0 saturated carbocycles. The zero-order valence-electron chi connectivity index (χ0n) is 5.81. The van der Waals surface area contributed by atoms with Crippen LogP contribution >= 0.6 is 23.2 Å². The van der Waals surface area contributed by atoms with Crippen LogP contribution in [0.4, 0.5) is 4.39 Å². The van der Waals surface area contributed by atoms with Crippen molar-refractivity contribution < 1.29 is 4.39 Å². The molecule has 0 unspecified atom stereocenters. The molecule has 0 amide bonds. The van der Waals surface area contributed by atoms with E-state index in [0.717, 1.165) is 6.07 Å². The summed E-state index contributed by atoms with van der Waals surface area (Å²) in [7, 11) is 0. The fourth-order valence-corrected chi connectivity index (χ4v) is 1.08. The smallest absolute Gasteiger partial charge is 0.166 e. The predicted octanol–water partition coefficient (Wildman–Crippen LogP) is 2.59. The topological polar surface area (TPSA) is 36.7 Å². The zero-order chi connectivity index (χ0) is 9.14. The second-order valence-electron chi connectivity index (χ2n) is 2.05. The summed E-state index contributed by atoms with van der Waals surface area (Å²) in [6.07, 6.45) is 0.0277. The summed E-state index contributed by atoms with van der Waals surface area (Å²) in [6.45, 7) is 0. The molecule has 0 saturated heterocycles. The molecule has 5 heteroatoms. The van der Waals surface area contributed by atoms with Gasteiger partial charge >= 0.3 is 0 Å². The average Bonchev–Trinajstić information content (AvgIpc) is 2.01. The molecule has 0 bridgehead atoms. The van der Waals surface area contributed by atoms with Crippen molar-refractivity contribution in [2.45, 2.75) is 6.42 Å². The molecular weight excluding hydrogens is 202 g/mol. The average molecular weight is 205 g/mol. The summed E-state index contributed by atoms with van der Waals surface area (Å²) in [5.41, 5.74) is 0.348. The summed E-state index contributed by atoms with van der Waals surface area (Å²) in [6, 6.07) is 2.95. The Bertz CT molecular complexity index is 346. The first-order valence-electron chi connectivity index (χ1n) is 3.02. The Hall–Kier alpha value is -0.850. The Morgan fingerprint density at radius 2 is 2.17 bits per heavy atom. The van der Waals surface area contributed by atoms with Crippen LogP contribution in [0.5, 0.6) is 0 Å². The van der Waals surface area contributed by atoms with E-state index < -0.39 is 5.82 Å². The van der Waals surface area contributed by atoms with Gasteiger partial charge in [-0.1, -0.05) is 23.2 Å². The lowest BCUT2D eigenvalue weighted by Crippen LogP contribution is -1.91. The van der Waals surface area contributed by atoms with E-state index in [1.807, 2.05) is 6.07 Å². The maximum atomic E-state index is 12.7. The third-order valence-electron chi connectivity index (χ3n) is 1.23. The van der Waals surface area contributed by atoms with Gasteiger partial charge in [-0.05, 0) is 6.07 Å². The van der Waals surface area contributed by atoms with Crippen LogP contribution in [0.3, 0.4) is 0 Å². The summed E-state index contributed by atoms with van der Waals surface area (Å²) in [5.74, 6) is -0.661. The van der Waals surface area contributed by atoms with Crippen LogP contribution in [-0.2, 0) is 6.42 Å². The van der Waals surface area contributed by atoms with Crippen LogP contribution in [0.1, 0.15) is 5.56 Å². The lowest BCUT2D eigenvalue weighted by Gasteiger charge is -1.99. The molecule has 2 nitrogen and oxygen atoms in total. The van der Waals surface area contributed by atoms with Crippen molar-refractivity contribution in [2.24, 2.45) is 0 Å². The van der Waals surface area contributed by atoms with Gasteiger partial charge in [-0.25, -0.2) is 9.37 Å². The van der Waals surface area contributed by atoms with Gasteiger partial charge in [-0.3, -0.25) is 0 Å². The highest BCUT2D eigenvalue weighted by molar-refractivity contribution is 6.32. The van der Waals surface area contributed by atoms with Crippen molar-refractivity contribution in [3.05, 3.63) is 27.8 Å². The highest BCUT2D eigenvalue weighted by atomic mass is 35.5. The van der Waals surface area contributed by atoms with E-state index in [-0.39, 0.29) is 16.7 Å². The molecule has 0 spiro atoms. The Kier molecular flexibility index (Phi) is 2.85. The minimum absolute atomic E-state index is 0.0277. The van der Waals surface area contributed by atoms with Crippen LogP contribution < -0.4 is 0 Å². The molecule has 0 atom stereocenters. The van der Waals surface area contributed by atoms with Crippen LogP contribution in [0, 0.1) is 17.1 Å². The molecule has 1 aromatic heterocycles. The summed E-state index contributed by atoms with van der Waals surface area (Å²) < 4.78 is 12.7. The third kappa shape index (κ3) is 1.84. The number of nitriles is 1. The maximum absolute atomic E-state index is 12.7. The summed E-state index contributed by atoms with van der Waals surface area (Å²) in [5, 5.41) is 8.11. The SMILES string of the molecule is N#CCc1cc(F)c(Cl)nc1Cl. The second kappa shape index (κ2) is 3.70. The fraction of sp³-hybridized carbons (Fsp3) is 0.143. The minimum Gasteiger partial charge on any atom is -0.221 e. The molecule has 1 aromatic rings. The molecule has 0 aliphatic carbocycles. The molecule has 1 heterocycles. The van der Waals surface area contributed by atoms with Crippen LogP contribution in [0.25, 0.3) is 0 Å². The van der Waals surface area contributed by atoms with Crippen molar-refractivity contribution in [3.8, 4) is 6.07 Å². The Labute approximate surface area is 78.5 Å². The van der Waals surface area contributed by atoms with Gasteiger partial charge in [0.1, 0.15) is 5.15 Å². The molecule has 12 heavy (non-hydrogen) atoms. The van der Waals surface area contributed by atoms with E-state index in [4.69, 9.17) is 28.5 Å². The van der Waals surface area contributed by atoms with E-state index >= 15 is 0 Å². The zero-order valence-corrected chi connectivity index (χ0v) is 7.32. The van der Waals surface area contributed by atoms with E-state index in [1.165, 1.54) is 0 Å². The van der Waals surface area contributed by atoms with Gasteiger partial charge in [0, 0.05) is 5.56 Å². The van der Waals surface area contributed by atoms with Gasteiger partial charge in [0.25, 0.3) is 0 Å². The third-order valence-corrected chi connectivity index (χ3v) is 1.82. The van der Waals surface area contributed by atoms with Gasteiger partial charge in [-0.15, -0.1) is 0 Å². The monoisotopic (exact) mass is 204 g/mol. The summed E-state index contributed by atoms with van der Waals surface area (Å²) in [4.78, 5) is 3.50. The normalized spacial score (nSPS) is 9.50. The van der Waals surface area contributed by atoms with Gasteiger partial charge in [-0.2, -0.15) is 5.26 Å². The van der Waals surface area contributed by atoms with Crippen LogP contribution in [-0.4, -0.2) is 4.98 Å². The lowest BCUT2D eigenvalue weighted by atomic mass is 10.2. The van der Waals surface area contributed by atoms with Crippen molar-refractivity contribution in [3.63, 3.8) is 0 Å². The first-order chi connectivity index (χ1) is 5.65. The molecule has 0 N–H and O–H groups in total. The van der Waals surface area contributed by atoms with Gasteiger partial charge in [0.15, 0.2) is 11.0 Å². The van der Waals surface area contributed by atoms with Gasteiger partial charge in [0.2, 0.25) is 0 Å². The predicted molar refractivity (Wildman–Crippen MR) is 43.5 cm³/mol. The van der Waals surface area contributed by atoms with E-state index in [9.17, 15) is 4.39 Å². The highest BCUT2D eigenvalue weighted by Gasteiger charge is 2.07. The molecule has 1 rings (SSSR count). The largest absolute Gasteiger partial charge is 0.221 e. The Morgan fingerprint density at radius 1 is 1.50 bits per heavy atom. The van der Waals surface area contributed by atoms with Crippen molar-refractivity contribution in [1.82, 2.24) is 4.98 Å². The van der Waals surface area contributed by atoms with E-state index in [2.05, 4.69) is 4.98 Å². The van der Waals surface area contributed by atoms with Crippen molar-refractivity contribution in [1.29, 1.82) is 5.26 Å². The minimum atomic E-state index is -0.661. The molecule has 0 aromatic carbocycles. The first-order valence-corrected chi connectivity index (χ1v) is 3.78. The standard InChI is InChI=1S/C7H3Cl2FN2/c8-6-4(1-2-11)3-5(10)7(9)12-6/h3H,1H2. The molecule has 0 fully saturated rings. The quantitative estimate of drug-likeness (QED) is 0.660. The van der Waals surface area contributed by atoms with Gasteiger partial charge in [0.05, 0.1) is 12.5 Å². The van der Waals surface area contributed by atoms with Crippen molar-refractivity contribution >= 4 is 23.2 Å². The number of rotatable bonds is 1. The number of halogens is 3. The molecule has 0 aliphatic heterocycles. The fourth-order valence-electron chi connectivity index (χ4n) is 0.693. The first kappa shape index (κ1) is 9.24. The Balaban J connectivity index is 3.16. The number of aromatic nitrogens is 1. The Morgan fingerprint density at radius 3 is 2.75 bits per heavy atom. The molecular formula is C7H3Cl2FN2. The number of pyridine rings is 1. The summed E-state index contributed by atoms with van der Waals surface area (Å²) >= 11 is 10.9. The van der Waals surface area contributed by atoms with Gasteiger partial charge < -0.3 is 0 Å². The number of hydrogen-bond acceptors (Lipinski definition) is 2. The van der Waals surface area contributed by atoms with Crippen LogP contribution in [0.15, 0.2) is 6.07 Å². The van der Waals surface area contributed by atoms with Crippen LogP contribution in [0.2, 0.25) is 10.3 Å².